The van der Waals surface area contributed by atoms with Crippen LogP contribution in [0.1, 0.15) is 25.0 Å². The highest BCUT2D eigenvalue weighted by Gasteiger charge is 2.57. The molecular formula is C24H23BrN2O6S. The minimum atomic E-state index is -1.14. The number of nitrogens with one attached hydrogen (secondary N) is 2. The molecule has 8 nitrogen and oxygen atoms in total. The first-order valence-electron chi connectivity index (χ1n) is 10.6. The van der Waals surface area contributed by atoms with Crippen LogP contribution >= 0.6 is 27.7 Å². The van der Waals surface area contributed by atoms with Gasteiger partial charge in [0.25, 0.3) is 0 Å². The van der Waals surface area contributed by atoms with Gasteiger partial charge in [-0.3, -0.25) is 4.79 Å². The van der Waals surface area contributed by atoms with Gasteiger partial charge in [0, 0.05) is 27.0 Å². The number of ether oxygens (including phenoxy) is 3. The Bertz CT molecular complexity index is 1180. The number of methoxy groups -OCH3 is 1. The number of fused-ring (bicyclic) bond motifs is 4. The van der Waals surface area contributed by atoms with Crippen molar-refractivity contribution in [3.05, 3.63) is 68.7 Å². The van der Waals surface area contributed by atoms with Gasteiger partial charge in [-0.25, -0.2) is 9.59 Å². The molecule has 10 heteroatoms. The van der Waals surface area contributed by atoms with Crippen molar-refractivity contribution in [2.24, 2.45) is 0 Å². The second kappa shape index (κ2) is 9.71. The van der Waals surface area contributed by atoms with Gasteiger partial charge in [0.15, 0.2) is 5.57 Å². The minimum Gasteiger partial charge on any atom is -0.468 e. The molecule has 2 aromatic rings. The molecule has 178 valence electrons. The molecule has 2 aliphatic heterocycles. The topological polar surface area (TPSA) is 103 Å². The number of hydrogen-bond donors (Lipinski definition) is 2. The summed E-state index contributed by atoms with van der Waals surface area (Å²) in [6.45, 7) is 3.45. The quantitative estimate of drug-likeness (QED) is 0.189. The number of carbonyl (C=O) groups excluding carboxylic acids is 3. The van der Waals surface area contributed by atoms with Gasteiger partial charge in [-0.15, -0.1) is 0 Å². The first-order valence-corrected chi connectivity index (χ1v) is 12.3. The second-order valence-corrected chi connectivity index (χ2v) is 9.49. The molecular weight excluding hydrogens is 524 g/mol. The summed E-state index contributed by atoms with van der Waals surface area (Å²) in [5.41, 5.74) is 1.66. The number of esters is 3. The summed E-state index contributed by atoms with van der Waals surface area (Å²) >= 11 is 4.58. The van der Waals surface area contributed by atoms with E-state index in [-0.39, 0.29) is 23.8 Å². The Kier molecular flexibility index (Phi) is 6.90. The Hall–Kier alpha value is -2.98. The Morgan fingerprint density at radius 1 is 1.00 bits per heavy atom. The van der Waals surface area contributed by atoms with Crippen LogP contribution in [-0.2, 0) is 34.1 Å². The molecule has 0 aliphatic carbocycles. The molecule has 0 saturated carbocycles. The third-order valence-corrected chi connectivity index (χ3v) is 7.39. The van der Waals surface area contributed by atoms with Crippen LogP contribution < -0.4 is 10.6 Å². The summed E-state index contributed by atoms with van der Waals surface area (Å²) in [4.78, 5) is 38.9. The van der Waals surface area contributed by atoms with E-state index >= 15 is 0 Å². The van der Waals surface area contributed by atoms with Crippen molar-refractivity contribution in [2.45, 2.75) is 24.6 Å². The van der Waals surface area contributed by atoms with Crippen LogP contribution in [0.4, 0.5) is 11.4 Å². The van der Waals surface area contributed by atoms with Gasteiger partial charge in [-0.05, 0) is 38.1 Å². The summed E-state index contributed by atoms with van der Waals surface area (Å²) in [6.07, 6.45) is 0. The smallest absolute Gasteiger partial charge is 0.348 e. The van der Waals surface area contributed by atoms with Gasteiger partial charge in [0.1, 0.15) is 10.8 Å². The molecule has 4 rings (SSSR count). The van der Waals surface area contributed by atoms with Gasteiger partial charge in [-0.1, -0.05) is 45.9 Å². The molecule has 0 bridgehead atoms. The summed E-state index contributed by atoms with van der Waals surface area (Å²) in [6, 6.07) is 13.2. The summed E-state index contributed by atoms with van der Waals surface area (Å²) in [5, 5.41) is 6.11. The van der Waals surface area contributed by atoms with Crippen LogP contribution in [-0.4, -0.2) is 43.5 Å². The third-order valence-electron chi connectivity index (χ3n) is 5.57. The molecule has 0 amide bonds. The fourth-order valence-corrected chi connectivity index (χ4v) is 5.99. The van der Waals surface area contributed by atoms with Crippen molar-refractivity contribution in [1.29, 1.82) is 0 Å². The molecule has 2 unspecified atom stereocenters. The number of anilines is 2. The Morgan fingerprint density at radius 3 is 2.29 bits per heavy atom. The molecule has 2 aromatic carbocycles. The molecule has 1 fully saturated rings. The van der Waals surface area contributed by atoms with Crippen molar-refractivity contribution in [2.75, 3.05) is 25.6 Å². The monoisotopic (exact) mass is 546 g/mol. The van der Waals surface area contributed by atoms with Crippen LogP contribution in [0.2, 0.25) is 0 Å². The highest BCUT2D eigenvalue weighted by Crippen LogP contribution is 2.55. The highest BCUT2D eigenvalue weighted by molar-refractivity contribution is 9.10. The number of hydrogen-bond acceptors (Lipinski definition) is 9. The van der Waals surface area contributed by atoms with E-state index < -0.39 is 28.7 Å². The average Bonchev–Trinajstić information content (AvgIpc) is 3.20. The highest BCUT2D eigenvalue weighted by atomic mass is 79.9. The van der Waals surface area contributed by atoms with Gasteiger partial charge in [0.2, 0.25) is 0 Å². The van der Waals surface area contributed by atoms with E-state index in [4.69, 9.17) is 14.2 Å². The summed E-state index contributed by atoms with van der Waals surface area (Å²) in [5.74, 6) is -2.16. The van der Waals surface area contributed by atoms with Crippen LogP contribution in [0.5, 0.6) is 0 Å². The molecule has 2 heterocycles. The average molecular weight is 547 g/mol. The number of halogens is 1. The summed E-state index contributed by atoms with van der Waals surface area (Å²) < 4.78 is 16.3. The largest absolute Gasteiger partial charge is 0.468 e. The maximum atomic E-state index is 13.2. The Labute approximate surface area is 209 Å². The first kappa shape index (κ1) is 24.2. The van der Waals surface area contributed by atoms with Crippen molar-refractivity contribution in [3.8, 4) is 0 Å². The van der Waals surface area contributed by atoms with E-state index in [1.54, 1.807) is 13.8 Å². The minimum absolute atomic E-state index is 0.0772. The van der Waals surface area contributed by atoms with E-state index in [9.17, 15) is 14.4 Å². The van der Waals surface area contributed by atoms with Crippen LogP contribution in [0.3, 0.4) is 0 Å². The van der Waals surface area contributed by atoms with E-state index in [0.29, 0.717) is 0 Å². The van der Waals surface area contributed by atoms with E-state index in [2.05, 4.69) is 26.6 Å². The number of thioether (sulfide) groups is 1. The van der Waals surface area contributed by atoms with Gasteiger partial charge in [0.05, 0.1) is 25.4 Å². The lowest BCUT2D eigenvalue weighted by Crippen LogP contribution is -2.51. The zero-order chi connectivity index (χ0) is 24.5. The molecule has 2 aliphatic rings. The van der Waals surface area contributed by atoms with Crippen molar-refractivity contribution >= 4 is 57.0 Å². The van der Waals surface area contributed by atoms with E-state index in [0.717, 1.165) is 38.7 Å². The zero-order valence-corrected chi connectivity index (χ0v) is 21.2. The second-order valence-electron chi connectivity index (χ2n) is 7.46. The number of rotatable bonds is 5. The van der Waals surface area contributed by atoms with E-state index in [1.807, 2.05) is 42.5 Å². The maximum absolute atomic E-state index is 13.2. The lowest BCUT2D eigenvalue weighted by molar-refractivity contribution is -0.146. The van der Waals surface area contributed by atoms with E-state index in [1.165, 1.54) is 7.11 Å². The lowest BCUT2D eigenvalue weighted by Gasteiger charge is -2.41. The van der Waals surface area contributed by atoms with Crippen LogP contribution in [0.25, 0.3) is 0 Å². The molecule has 0 aromatic heterocycles. The SMILES string of the molecule is CCOC(=O)C(C(=O)OCC)=C1NC2(c3ccccc3Nc3ccc(Br)cc32)C(C(=O)OC)S1. The predicted molar refractivity (Wildman–Crippen MR) is 131 cm³/mol. The number of para-hydroxylation sites is 1. The third kappa shape index (κ3) is 3.94. The fourth-order valence-electron chi connectivity index (χ4n) is 4.20. The maximum Gasteiger partial charge on any atom is 0.348 e. The number of carbonyl (C=O) groups is 3. The summed E-state index contributed by atoms with van der Waals surface area (Å²) in [7, 11) is 1.31. The molecule has 0 radical (unpaired) electrons. The molecule has 34 heavy (non-hydrogen) atoms. The van der Waals surface area contributed by atoms with Crippen LogP contribution in [0, 0.1) is 0 Å². The normalized spacial score (nSPS) is 19.9. The Morgan fingerprint density at radius 2 is 1.65 bits per heavy atom. The van der Waals surface area contributed by atoms with Gasteiger partial charge in [-0.2, -0.15) is 0 Å². The van der Waals surface area contributed by atoms with Crippen LogP contribution in [0.15, 0.2) is 57.5 Å². The zero-order valence-electron chi connectivity index (χ0n) is 18.8. The lowest BCUT2D eigenvalue weighted by atomic mass is 9.76. The molecule has 1 spiro atoms. The molecule has 2 N–H and O–H groups in total. The van der Waals surface area contributed by atoms with Crippen molar-refractivity contribution in [1.82, 2.24) is 5.32 Å². The number of benzene rings is 2. The first-order chi connectivity index (χ1) is 16.4. The van der Waals surface area contributed by atoms with Gasteiger partial charge < -0.3 is 24.8 Å². The van der Waals surface area contributed by atoms with Crippen molar-refractivity contribution < 1.29 is 28.6 Å². The molecule has 2 atom stereocenters. The predicted octanol–water partition coefficient (Wildman–Crippen LogP) is 3.97. The Balaban J connectivity index is 2.01. The fraction of sp³-hybridized carbons (Fsp3) is 0.292. The molecule has 1 saturated heterocycles. The standard InChI is InChI=1S/C24H23BrN2O6S/c1-4-32-21(28)18(22(29)33-5-2)20-27-24(19(34-20)23(30)31-3)14-8-6-7-9-16(14)26-17-11-10-13(25)12-15(17)24/h6-12,19,26-27H,4-5H2,1-3H3. The van der Waals surface area contributed by atoms with Gasteiger partial charge >= 0.3 is 17.9 Å². The van der Waals surface area contributed by atoms with Crippen molar-refractivity contribution in [3.63, 3.8) is 0 Å².